The Balaban J connectivity index is 1.56. The zero-order chi connectivity index (χ0) is 15.7. The number of nitrogens with zero attached hydrogens (tertiary/aromatic N) is 4. The Kier molecular flexibility index (Phi) is 4.08. The minimum Gasteiger partial charge on any atom is -0.388 e. The molecule has 2 aliphatic rings. The lowest BCUT2D eigenvalue weighted by atomic mass is 9.88. The molecule has 1 aromatic rings. The first-order chi connectivity index (χ1) is 10.5. The van der Waals surface area contributed by atoms with Gasteiger partial charge in [-0.3, -0.25) is 0 Å². The van der Waals surface area contributed by atoms with E-state index in [9.17, 15) is 9.90 Å². The second-order valence-corrected chi connectivity index (χ2v) is 6.48. The SMILES string of the molecule is CCn1nc(C)c(CNC(=O)N2CCCC(O)(C3CC3)C2)n1. The average molecular weight is 307 g/mol. The van der Waals surface area contributed by atoms with Crippen molar-refractivity contribution < 1.29 is 9.90 Å². The fourth-order valence-corrected chi connectivity index (χ4v) is 3.23. The number of amides is 2. The highest BCUT2D eigenvalue weighted by molar-refractivity contribution is 5.74. The van der Waals surface area contributed by atoms with Gasteiger partial charge in [-0.05, 0) is 45.4 Å². The normalized spacial score (nSPS) is 25.3. The van der Waals surface area contributed by atoms with Gasteiger partial charge in [-0.15, -0.1) is 0 Å². The molecule has 2 N–H and O–H groups in total. The van der Waals surface area contributed by atoms with Gasteiger partial charge in [0.2, 0.25) is 0 Å². The molecule has 2 heterocycles. The largest absolute Gasteiger partial charge is 0.388 e. The number of aromatic nitrogens is 3. The minimum atomic E-state index is -0.670. The first kappa shape index (κ1) is 15.3. The average Bonchev–Trinajstić information content (AvgIpc) is 3.30. The number of likely N-dealkylation sites (tertiary alicyclic amines) is 1. The van der Waals surface area contributed by atoms with E-state index in [1.807, 2.05) is 13.8 Å². The van der Waals surface area contributed by atoms with Crippen molar-refractivity contribution in [3.05, 3.63) is 11.4 Å². The molecule has 0 bridgehead atoms. The van der Waals surface area contributed by atoms with Gasteiger partial charge in [0.25, 0.3) is 0 Å². The van der Waals surface area contributed by atoms with Crippen LogP contribution in [0.4, 0.5) is 4.79 Å². The number of carbonyl (C=O) groups is 1. The molecule has 1 aromatic heterocycles. The zero-order valence-electron chi connectivity index (χ0n) is 13.4. The monoisotopic (exact) mass is 307 g/mol. The van der Waals surface area contributed by atoms with Crippen LogP contribution < -0.4 is 5.32 Å². The molecule has 1 atom stereocenters. The predicted octanol–water partition coefficient (Wildman–Crippen LogP) is 1.05. The Morgan fingerprint density at radius 1 is 1.45 bits per heavy atom. The van der Waals surface area contributed by atoms with Crippen molar-refractivity contribution in [2.45, 2.75) is 58.2 Å². The Morgan fingerprint density at radius 2 is 2.23 bits per heavy atom. The van der Waals surface area contributed by atoms with E-state index in [1.54, 1.807) is 9.70 Å². The standard InChI is InChI=1S/C15H25N5O2/c1-3-20-17-11(2)13(18-20)9-16-14(21)19-8-4-7-15(22,10-19)12-5-6-12/h12,22H,3-10H2,1-2H3,(H,16,21). The molecule has 2 amide bonds. The van der Waals surface area contributed by atoms with Crippen LogP contribution in [0.5, 0.6) is 0 Å². The number of aryl methyl sites for hydroxylation is 2. The summed E-state index contributed by atoms with van der Waals surface area (Å²) >= 11 is 0. The number of aliphatic hydroxyl groups is 1. The third kappa shape index (κ3) is 3.09. The Labute approximate surface area is 130 Å². The summed E-state index contributed by atoms with van der Waals surface area (Å²) in [7, 11) is 0. The third-order valence-corrected chi connectivity index (χ3v) is 4.74. The molecule has 7 heteroatoms. The van der Waals surface area contributed by atoms with Crippen LogP contribution in [0.2, 0.25) is 0 Å². The van der Waals surface area contributed by atoms with E-state index in [0.29, 0.717) is 25.6 Å². The molecule has 0 aromatic carbocycles. The van der Waals surface area contributed by atoms with Crippen molar-refractivity contribution in [1.82, 2.24) is 25.2 Å². The van der Waals surface area contributed by atoms with E-state index in [-0.39, 0.29) is 6.03 Å². The fourth-order valence-electron chi connectivity index (χ4n) is 3.23. The lowest BCUT2D eigenvalue weighted by molar-refractivity contribution is -0.0362. The molecule has 1 saturated carbocycles. The van der Waals surface area contributed by atoms with Gasteiger partial charge in [-0.25, -0.2) is 4.79 Å². The number of rotatable bonds is 4. The number of carbonyl (C=O) groups excluding carboxylic acids is 1. The van der Waals surface area contributed by atoms with Crippen LogP contribution in [0.15, 0.2) is 0 Å². The summed E-state index contributed by atoms with van der Waals surface area (Å²) in [4.78, 5) is 15.7. The van der Waals surface area contributed by atoms with Gasteiger partial charge in [0.1, 0.15) is 5.69 Å². The maximum Gasteiger partial charge on any atom is 0.317 e. The number of hydrogen-bond donors (Lipinski definition) is 2. The molecular formula is C15H25N5O2. The van der Waals surface area contributed by atoms with Crippen LogP contribution in [0.1, 0.15) is 44.0 Å². The molecule has 122 valence electrons. The van der Waals surface area contributed by atoms with Crippen LogP contribution in [-0.2, 0) is 13.1 Å². The predicted molar refractivity (Wildman–Crippen MR) is 81.1 cm³/mol. The first-order valence-corrected chi connectivity index (χ1v) is 8.17. The highest BCUT2D eigenvalue weighted by Crippen LogP contribution is 2.44. The van der Waals surface area contributed by atoms with E-state index < -0.39 is 5.60 Å². The maximum atomic E-state index is 12.3. The maximum absolute atomic E-state index is 12.3. The fraction of sp³-hybridized carbons (Fsp3) is 0.800. The molecule has 3 rings (SSSR count). The molecule has 0 radical (unpaired) electrons. The molecule has 2 fully saturated rings. The molecule has 22 heavy (non-hydrogen) atoms. The highest BCUT2D eigenvalue weighted by atomic mass is 16.3. The lowest BCUT2D eigenvalue weighted by Gasteiger charge is -2.39. The Morgan fingerprint density at radius 3 is 2.86 bits per heavy atom. The van der Waals surface area contributed by atoms with E-state index in [0.717, 1.165) is 43.6 Å². The van der Waals surface area contributed by atoms with E-state index >= 15 is 0 Å². The summed E-state index contributed by atoms with van der Waals surface area (Å²) in [5.41, 5.74) is 0.969. The smallest absolute Gasteiger partial charge is 0.317 e. The van der Waals surface area contributed by atoms with Crippen LogP contribution in [0, 0.1) is 12.8 Å². The van der Waals surface area contributed by atoms with Gasteiger partial charge in [-0.2, -0.15) is 15.0 Å². The topological polar surface area (TPSA) is 83.3 Å². The second-order valence-electron chi connectivity index (χ2n) is 6.48. The molecule has 7 nitrogen and oxygen atoms in total. The van der Waals surface area contributed by atoms with Gasteiger partial charge in [0, 0.05) is 6.54 Å². The third-order valence-electron chi connectivity index (χ3n) is 4.74. The molecule has 1 saturated heterocycles. The number of urea groups is 1. The molecule has 1 unspecified atom stereocenters. The van der Waals surface area contributed by atoms with Crippen LogP contribution in [-0.4, -0.2) is 49.7 Å². The van der Waals surface area contributed by atoms with Crippen molar-refractivity contribution in [2.24, 2.45) is 5.92 Å². The van der Waals surface area contributed by atoms with Gasteiger partial charge in [0.05, 0.1) is 30.9 Å². The first-order valence-electron chi connectivity index (χ1n) is 8.17. The molecule has 1 aliphatic heterocycles. The van der Waals surface area contributed by atoms with Crippen molar-refractivity contribution in [1.29, 1.82) is 0 Å². The van der Waals surface area contributed by atoms with E-state index in [4.69, 9.17) is 0 Å². The summed E-state index contributed by atoms with van der Waals surface area (Å²) in [6.07, 6.45) is 3.85. The number of β-amino-alcohol motifs (C(OH)–C–C–N with tert-alkyl or cyclic N) is 1. The minimum absolute atomic E-state index is 0.121. The molecule has 0 spiro atoms. The van der Waals surface area contributed by atoms with Crippen molar-refractivity contribution >= 4 is 6.03 Å². The Hall–Kier alpha value is -1.63. The summed E-state index contributed by atoms with van der Waals surface area (Å²) in [6, 6.07) is -0.121. The van der Waals surface area contributed by atoms with Crippen molar-refractivity contribution in [3.63, 3.8) is 0 Å². The molecular weight excluding hydrogens is 282 g/mol. The number of piperidine rings is 1. The number of hydrogen-bond acceptors (Lipinski definition) is 4. The lowest BCUT2D eigenvalue weighted by Crippen LogP contribution is -2.54. The zero-order valence-corrected chi connectivity index (χ0v) is 13.4. The quantitative estimate of drug-likeness (QED) is 0.871. The summed E-state index contributed by atoms with van der Waals surface area (Å²) in [5, 5.41) is 22.2. The molecule has 1 aliphatic carbocycles. The summed E-state index contributed by atoms with van der Waals surface area (Å²) in [6.45, 7) is 6.13. The van der Waals surface area contributed by atoms with Gasteiger partial charge in [-0.1, -0.05) is 0 Å². The van der Waals surface area contributed by atoms with Crippen LogP contribution in [0.25, 0.3) is 0 Å². The van der Waals surface area contributed by atoms with Gasteiger partial charge < -0.3 is 15.3 Å². The van der Waals surface area contributed by atoms with Crippen molar-refractivity contribution in [3.8, 4) is 0 Å². The van der Waals surface area contributed by atoms with Gasteiger partial charge >= 0.3 is 6.03 Å². The Bertz CT molecular complexity index is 554. The van der Waals surface area contributed by atoms with E-state index in [1.165, 1.54) is 0 Å². The summed E-state index contributed by atoms with van der Waals surface area (Å²) in [5.74, 6) is 0.384. The summed E-state index contributed by atoms with van der Waals surface area (Å²) < 4.78 is 0. The van der Waals surface area contributed by atoms with Crippen LogP contribution >= 0.6 is 0 Å². The number of nitrogens with one attached hydrogen (secondary N) is 1. The second kappa shape index (κ2) is 5.87. The highest BCUT2D eigenvalue weighted by Gasteiger charge is 2.46. The van der Waals surface area contributed by atoms with Crippen LogP contribution in [0.3, 0.4) is 0 Å². The van der Waals surface area contributed by atoms with Crippen molar-refractivity contribution in [2.75, 3.05) is 13.1 Å². The van der Waals surface area contributed by atoms with Gasteiger partial charge in [0.15, 0.2) is 0 Å². The van der Waals surface area contributed by atoms with E-state index in [2.05, 4.69) is 15.5 Å².